The van der Waals surface area contributed by atoms with E-state index in [1.54, 1.807) is 30.4 Å². The number of amides is 1. The van der Waals surface area contributed by atoms with Crippen molar-refractivity contribution in [2.45, 2.75) is 6.92 Å². The van der Waals surface area contributed by atoms with E-state index in [-0.39, 0.29) is 11.8 Å². The minimum absolute atomic E-state index is 0.0923. The van der Waals surface area contributed by atoms with Gasteiger partial charge in [0.1, 0.15) is 9.88 Å². The summed E-state index contributed by atoms with van der Waals surface area (Å²) >= 11 is 2.99. The van der Waals surface area contributed by atoms with Gasteiger partial charge in [0, 0.05) is 29.6 Å². The van der Waals surface area contributed by atoms with Crippen LogP contribution in [0.3, 0.4) is 0 Å². The maximum atomic E-state index is 12.2. The number of ether oxygens (including phenoxy) is 1. The van der Waals surface area contributed by atoms with Crippen LogP contribution in [0.15, 0.2) is 35.7 Å². The van der Waals surface area contributed by atoms with Gasteiger partial charge in [0.2, 0.25) is 0 Å². The average molecular weight is 335 g/mol. The summed E-state index contributed by atoms with van der Waals surface area (Å²) in [6.45, 7) is 1.99. The van der Waals surface area contributed by atoms with E-state index in [4.69, 9.17) is 4.74 Å². The van der Waals surface area contributed by atoms with Crippen LogP contribution in [0.4, 0.5) is 0 Å². The maximum absolute atomic E-state index is 12.2. The molecule has 0 aliphatic heterocycles. The molecular formula is C15H17N3O2S2. The SMILES string of the molecule is COC(=NC(=O)c1cnc(-c2cccnc2)s1)C(C)CSC. The summed E-state index contributed by atoms with van der Waals surface area (Å²) in [6.07, 6.45) is 6.98. The Bertz CT molecular complexity index is 656. The highest BCUT2D eigenvalue weighted by Gasteiger charge is 2.16. The van der Waals surface area contributed by atoms with Crippen molar-refractivity contribution in [2.75, 3.05) is 19.1 Å². The number of pyridine rings is 1. The minimum atomic E-state index is -0.322. The maximum Gasteiger partial charge on any atom is 0.291 e. The first-order valence-corrected chi connectivity index (χ1v) is 8.88. The van der Waals surface area contributed by atoms with E-state index in [1.807, 2.05) is 25.3 Å². The fourth-order valence-electron chi connectivity index (χ4n) is 1.83. The predicted molar refractivity (Wildman–Crippen MR) is 91.7 cm³/mol. The molecule has 0 spiro atoms. The van der Waals surface area contributed by atoms with Gasteiger partial charge in [0.15, 0.2) is 5.90 Å². The Labute approximate surface area is 137 Å². The van der Waals surface area contributed by atoms with Crippen molar-refractivity contribution in [3.05, 3.63) is 35.6 Å². The third-order valence-electron chi connectivity index (χ3n) is 2.88. The lowest BCUT2D eigenvalue weighted by Gasteiger charge is -2.11. The minimum Gasteiger partial charge on any atom is -0.484 e. The lowest BCUT2D eigenvalue weighted by molar-refractivity contribution is 0.100. The summed E-state index contributed by atoms with van der Waals surface area (Å²) in [6, 6.07) is 3.74. The molecule has 5 nitrogen and oxygen atoms in total. The molecule has 1 unspecified atom stereocenters. The number of nitrogens with zero attached hydrogens (tertiary/aromatic N) is 3. The first-order valence-electron chi connectivity index (χ1n) is 6.67. The van der Waals surface area contributed by atoms with Crippen LogP contribution < -0.4 is 0 Å². The van der Waals surface area contributed by atoms with Crippen molar-refractivity contribution in [1.29, 1.82) is 0 Å². The zero-order valence-electron chi connectivity index (χ0n) is 12.6. The molecule has 0 aliphatic carbocycles. The van der Waals surface area contributed by atoms with Crippen molar-refractivity contribution < 1.29 is 9.53 Å². The molecule has 1 amide bonds. The van der Waals surface area contributed by atoms with E-state index >= 15 is 0 Å². The normalized spacial score (nSPS) is 13.0. The van der Waals surface area contributed by atoms with Gasteiger partial charge in [-0.25, -0.2) is 4.98 Å². The molecule has 2 aromatic heterocycles. The third-order valence-corrected chi connectivity index (χ3v) is 4.75. The second-order valence-electron chi connectivity index (χ2n) is 4.59. The molecule has 0 radical (unpaired) electrons. The zero-order chi connectivity index (χ0) is 15.9. The van der Waals surface area contributed by atoms with Gasteiger partial charge in [-0.1, -0.05) is 6.92 Å². The van der Waals surface area contributed by atoms with Crippen LogP contribution >= 0.6 is 23.1 Å². The summed E-state index contributed by atoms with van der Waals surface area (Å²) in [5.74, 6) is 1.08. The molecule has 2 heterocycles. The quantitative estimate of drug-likeness (QED) is 0.619. The van der Waals surface area contributed by atoms with Crippen LogP contribution in [0.1, 0.15) is 16.6 Å². The van der Waals surface area contributed by atoms with Gasteiger partial charge in [-0.3, -0.25) is 9.78 Å². The number of rotatable bonds is 5. The molecule has 0 bridgehead atoms. The summed E-state index contributed by atoms with van der Waals surface area (Å²) in [5.41, 5.74) is 0.887. The molecule has 116 valence electrons. The predicted octanol–water partition coefficient (Wildman–Crippen LogP) is 3.39. The summed E-state index contributed by atoms with van der Waals surface area (Å²) in [4.78, 5) is 25.1. The van der Waals surface area contributed by atoms with Gasteiger partial charge >= 0.3 is 0 Å². The number of carbonyl (C=O) groups is 1. The molecule has 0 N–H and O–H groups in total. The highest BCUT2D eigenvalue weighted by atomic mass is 32.2. The number of aromatic nitrogens is 2. The van der Waals surface area contributed by atoms with Crippen LogP contribution in [0.25, 0.3) is 10.6 Å². The number of aliphatic imine (C=N–C) groups is 1. The molecular weight excluding hydrogens is 318 g/mol. The first-order chi connectivity index (χ1) is 10.7. The fraction of sp³-hybridized carbons (Fsp3) is 0.333. The Hall–Kier alpha value is -1.73. The van der Waals surface area contributed by atoms with Crippen LogP contribution in [0.2, 0.25) is 0 Å². The van der Waals surface area contributed by atoms with Crippen LogP contribution in [-0.2, 0) is 4.74 Å². The summed E-state index contributed by atoms with van der Waals surface area (Å²) in [7, 11) is 1.54. The van der Waals surface area contributed by atoms with Crippen molar-refractivity contribution in [2.24, 2.45) is 10.9 Å². The average Bonchev–Trinajstić information content (AvgIpc) is 3.03. The lowest BCUT2D eigenvalue weighted by atomic mass is 10.2. The Morgan fingerprint density at radius 3 is 2.95 bits per heavy atom. The molecule has 0 aromatic carbocycles. The molecule has 2 aromatic rings. The van der Waals surface area contributed by atoms with Gasteiger partial charge in [-0.05, 0) is 18.4 Å². The Morgan fingerprint density at radius 2 is 2.32 bits per heavy atom. The number of methoxy groups -OCH3 is 1. The highest BCUT2D eigenvalue weighted by Crippen LogP contribution is 2.25. The van der Waals surface area contributed by atoms with Gasteiger partial charge in [-0.15, -0.1) is 11.3 Å². The first kappa shape index (κ1) is 16.6. The number of thiazole rings is 1. The fourth-order valence-corrected chi connectivity index (χ4v) is 3.26. The van der Waals surface area contributed by atoms with E-state index in [1.165, 1.54) is 18.4 Å². The van der Waals surface area contributed by atoms with Crippen LogP contribution in [0, 0.1) is 5.92 Å². The summed E-state index contributed by atoms with van der Waals surface area (Å²) < 4.78 is 5.24. The molecule has 1 atom stereocenters. The molecule has 0 aliphatic rings. The van der Waals surface area contributed by atoms with Crippen LogP contribution in [-0.4, -0.2) is 40.9 Å². The van der Waals surface area contributed by atoms with E-state index in [9.17, 15) is 4.79 Å². The molecule has 7 heteroatoms. The van der Waals surface area contributed by atoms with E-state index in [0.717, 1.165) is 16.3 Å². The Morgan fingerprint density at radius 1 is 1.50 bits per heavy atom. The van der Waals surface area contributed by atoms with Gasteiger partial charge in [-0.2, -0.15) is 16.8 Å². The van der Waals surface area contributed by atoms with E-state index in [0.29, 0.717) is 10.8 Å². The zero-order valence-corrected chi connectivity index (χ0v) is 14.3. The molecule has 0 saturated carbocycles. The third kappa shape index (κ3) is 4.14. The van der Waals surface area contributed by atoms with Crippen molar-refractivity contribution in [3.63, 3.8) is 0 Å². The second kappa shape index (κ2) is 8.05. The van der Waals surface area contributed by atoms with E-state index in [2.05, 4.69) is 15.0 Å². The Balaban J connectivity index is 2.18. The standard InChI is InChI=1S/C15H17N3O2S2/c1-10(9-21-3)14(20-2)18-13(19)12-8-17-15(22-12)11-5-4-6-16-7-11/h4-8,10H,9H2,1-3H3. The van der Waals surface area contributed by atoms with Crippen molar-refractivity contribution >= 4 is 34.9 Å². The topological polar surface area (TPSA) is 64.4 Å². The highest BCUT2D eigenvalue weighted by molar-refractivity contribution is 7.98. The number of hydrogen-bond acceptors (Lipinski definition) is 6. The van der Waals surface area contributed by atoms with Gasteiger partial charge in [0.05, 0.1) is 13.3 Å². The number of carbonyl (C=O) groups excluding carboxylic acids is 1. The summed E-state index contributed by atoms with van der Waals surface area (Å²) in [5, 5.41) is 0.753. The smallest absolute Gasteiger partial charge is 0.291 e. The van der Waals surface area contributed by atoms with Crippen LogP contribution in [0.5, 0.6) is 0 Å². The second-order valence-corrected chi connectivity index (χ2v) is 6.53. The molecule has 0 fully saturated rings. The molecule has 22 heavy (non-hydrogen) atoms. The molecule has 0 saturated heterocycles. The van der Waals surface area contributed by atoms with Gasteiger partial charge in [0.25, 0.3) is 5.91 Å². The monoisotopic (exact) mass is 335 g/mol. The number of thioether (sulfide) groups is 1. The van der Waals surface area contributed by atoms with Gasteiger partial charge < -0.3 is 4.74 Å². The van der Waals surface area contributed by atoms with Crippen molar-refractivity contribution in [3.8, 4) is 10.6 Å². The largest absolute Gasteiger partial charge is 0.484 e. The van der Waals surface area contributed by atoms with E-state index < -0.39 is 0 Å². The molecule has 2 rings (SSSR count). The lowest BCUT2D eigenvalue weighted by Crippen LogP contribution is -2.17. The van der Waals surface area contributed by atoms with Crippen molar-refractivity contribution in [1.82, 2.24) is 9.97 Å². The number of hydrogen-bond donors (Lipinski definition) is 0. The Kier molecular flexibility index (Phi) is 6.09.